The quantitative estimate of drug-likeness (QED) is 0.859. The Morgan fingerprint density at radius 2 is 1.94 bits per heavy atom. The molecule has 0 radical (unpaired) electrons. The topological polar surface area (TPSA) is 25.2 Å². The van der Waals surface area contributed by atoms with E-state index in [0.29, 0.717) is 5.41 Å². The molecule has 0 saturated heterocycles. The first kappa shape index (κ1) is 12.2. The van der Waals surface area contributed by atoms with Crippen molar-refractivity contribution in [2.24, 2.45) is 5.41 Å². The molecule has 2 nitrogen and oxygen atoms in total. The highest BCUT2D eigenvalue weighted by Crippen LogP contribution is 2.24. The number of rotatable bonds is 3. The fraction of sp³-hybridized carbons (Fsp3) is 0.467. The second-order valence-electron chi connectivity index (χ2n) is 5.85. The Morgan fingerprint density at radius 1 is 1.24 bits per heavy atom. The molecule has 1 unspecified atom stereocenters. The van der Waals surface area contributed by atoms with E-state index in [2.05, 4.69) is 45.1 Å². The van der Waals surface area contributed by atoms with Gasteiger partial charge in [-0.1, -0.05) is 39.0 Å². The summed E-state index contributed by atoms with van der Waals surface area (Å²) in [6, 6.07) is 10.5. The van der Waals surface area contributed by atoms with Gasteiger partial charge >= 0.3 is 0 Å². The Kier molecular flexibility index (Phi) is 3.25. The number of furan rings is 1. The molecule has 1 atom stereocenters. The van der Waals surface area contributed by atoms with Gasteiger partial charge in [0.1, 0.15) is 11.3 Å². The van der Waals surface area contributed by atoms with Crippen LogP contribution in [0.1, 0.15) is 39.5 Å². The van der Waals surface area contributed by atoms with E-state index in [1.807, 2.05) is 18.2 Å². The van der Waals surface area contributed by atoms with Gasteiger partial charge in [0.25, 0.3) is 0 Å². The molecule has 1 aromatic carbocycles. The second kappa shape index (κ2) is 4.53. The van der Waals surface area contributed by atoms with Gasteiger partial charge in [-0.15, -0.1) is 0 Å². The number of fused-ring (bicyclic) bond motifs is 1. The molecule has 0 aliphatic rings. The van der Waals surface area contributed by atoms with E-state index in [1.54, 1.807) is 0 Å². The van der Waals surface area contributed by atoms with Crippen molar-refractivity contribution in [2.45, 2.75) is 33.7 Å². The number of para-hydroxylation sites is 1. The molecular weight excluding hydrogens is 210 g/mol. The SMILES string of the molecule is CC(NCC(C)(C)C)c1cc2ccccc2o1. The first-order chi connectivity index (χ1) is 7.96. The van der Waals surface area contributed by atoms with E-state index >= 15 is 0 Å². The van der Waals surface area contributed by atoms with Gasteiger partial charge in [-0.3, -0.25) is 0 Å². The van der Waals surface area contributed by atoms with Gasteiger partial charge in [-0.05, 0) is 24.5 Å². The highest BCUT2D eigenvalue weighted by atomic mass is 16.3. The Labute approximate surface area is 103 Å². The van der Waals surface area contributed by atoms with Crippen LogP contribution in [0.4, 0.5) is 0 Å². The van der Waals surface area contributed by atoms with Crippen molar-refractivity contribution in [3.05, 3.63) is 36.1 Å². The monoisotopic (exact) mass is 231 g/mol. The molecule has 2 rings (SSSR count). The van der Waals surface area contributed by atoms with Gasteiger partial charge in [-0.25, -0.2) is 0 Å². The minimum absolute atomic E-state index is 0.252. The molecule has 92 valence electrons. The predicted molar refractivity (Wildman–Crippen MR) is 72.1 cm³/mol. The largest absolute Gasteiger partial charge is 0.459 e. The van der Waals surface area contributed by atoms with Gasteiger partial charge in [-0.2, -0.15) is 0 Å². The lowest BCUT2D eigenvalue weighted by Gasteiger charge is -2.21. The Balaban J connectivity index is 2.11. The summed E-state index contributed by atoms with van der Waals surface area (Å²) >= 11 is 0. The van der Waals surface area contributed by atoms with E-state index in [4.69, 9.17) is 4.42 Å². The molecular formula is C15H21NO. The van der Waals surface area contributed by atoms with Gasteiger partial charge < -0.3 is 9.73 Å². The maximum atomic E-state index is 5.83. The molecule has 1 N–H and O–H groups in total. The van der Waals surface area contributed by atoms with Crippen LogP contribution in [0, 0.1) is 5.41 Å². The second-order valence-corrected chi connectivity index (χ2v) is 5.85. The summed E-state index contributed by atoms with van der Waals surface area (Å²) in [5.41, 5.74) is 1.26. The summed E-state index contributed by atoms with van der Waals surface area (Å²) in [5.74, 6) is 1.01. The van der Waals surface area contributed by atoms with Gasteiger partial charge in [0.2, 0.25) is 0 Å². The molecule has 0 saturated carbocycles. The van der Waals surface area contributed by atoms with Crippen molar-refractivity contribution in [3.8, 4) is 0 Å². The fourth-order valence-corrected chi connectivity index (χ4v) is 1.78. The van der Waals surface area contributed by atoms with Gasteiger partial charge in [0.15, 0.2) is 0 Å². The molecule has 0 aliphatic carbocycles. The molecule has 0 spiro atoms. The molecule has 0 bridgehead atoms. The third-order valence-corrected chi connectivity index (χ3v) is 2.81. The summed E-state index contributed by atoms with van der Waals surface area (Å²) in [6.45, 7) is 9.80. The summed E-state index contributed by atoms with van der Waals surface area (Å²) < 4.78 is 5.83. The standard InChI is InChI=1S/C15H21NO/c1-11(16-10-15(2,3)4)14-9-12-7-5-6-8-13(12)17-14/h5-9,11,16H,10H2,1-4H3. The maximum absolute atomic E-state index is 5.83. The lowest BCUT2D eigenvalue weighted by Crippen LogP contribution is -2.28. The Hall–Kier alpha value is -1.28. The highest BCUT2D eigenvalue weighted by Gasteiger charge is 2.15. The van der Waals surface area contributed by atoms with Crippen LogP contribution in [0.5, 0.6) is 0 Å². The van der Waals surface area contributed by atoms with Crippen molar-refractivity contribution in [3.63, 3.8) is 0 Å². The number of hydrogen-bond acceptors (Lipinski definition) is 2. The fourth-order valence-electron chi connectivity index (χ4n) is 1.78. The summed E-state index contributed by atoms with van der Waals surface area (Å²) in [6.07, 6.45) is 0. The van der Waals surface area contributed by atoms with Crippen LogP contribution in [-0.2, 0) is 0 Å². The Bertz CT molecular complexity index is 460. The van der Waals surface area contributed by atoms with Crippen LogP contribution in [0.25, 0.3) is 11.0 Å². The smallest absolute Gasteiger partial charge is 0.134 e. The first-order valence-corrected chi connectivity index (χ1v) is 6.17. The van der Waals surface area contributed by atoms with Crippen molar-refractivity contribution in [1.82, 2.24) is 5.32 Å². The summed E-state index contributed by atoms with van der Waals surface area (Å²) in [7, 11) is 0. The van der Waals surface area contributed by atoms with Crippen LogP contribution < -0.4 is 5.32 Å². The van der Waals surface area contributed by atoms with Crippen molar-refractivity contribution in [1.29, 1.82) is 0 Å². The zero-order valence-corrected chi connectivity index (χ0v) is 11.1. The van der Waals surface area contributed by atoms with E-state index in [0.717, 1.165) is 17.9 Å². The van der Waals surface area contributed by atoms with Crippen molar-refractivity contribution >= 4 is 11.0 Å². The molecule has 1 aromatic heterocycles. The number of benzene rings is 1. The van der Waals surface area contributed by atoms with Crippen LogP contribution in [-0.4, -0.2) is 6.54 Å². The highest BCUT2D eigenvalue weighted by molar-refractivity contribution is 5.77. The molecule has 17 heavy (non-hydrogen) atoms. The molecule has 0 aliphatic heterocycles. The number of hydrogen-bond donors (Lipinski definition) is 1. The molecule has 0 fully saturated rings. The van der Waals surface area contributed by atoms with E-state index in [-0.39, 0.29) is 6.04 Å². The molecule has 2 aromatic rings. The number of nitrogens with one attached hydrogen (secondary N) is 1. The normalized spacial score (nSPS) is 14.1. The Morgan fingerprint density at radius 3 is 2.59 bits per heavy atom. The van der Waals surface area contributed by atoms with Gasteiger partial charge in [0, 0.05) is 11.9 Å². The average Bonchev–Trinajstić information content (AvgIpc) is 2.68. The van der Waals surface area contributed by atoms with E-state index in [9.17, 15) is 0 Å². The van der Waals surface area contributed by atoms with Crippen LogP contribution in [0.15, 0.2) is 34.7 Å². The minimum atomic E-state index is 0.252. The van der Waals surface area contributed by atoms with Crippen molar-refractivity contribution in [2.75, 3.05) is 6.54 Å². The summed E-state index contributed by atoms with van der Waals surface area (Å²) in [4.78, 5) is 0. The molecule has 1 heterocycles. The third kappa shape index (κ3) is 3.10. The average molecular weight is 231 g/mol. The van der Waals surface area contributed by atoms with Crippen LogP contribution in [0.2, 0.25) is 0 Å². The van der Waals surface area contributed by atoms with Crippen LogP contribution >= 0.6 is 0 Å². The van der Waals surface area contributed by atoms with Crippen molar-refractivity contribution < 1.29 is 4.42 Å². The molecule has 0 amide bonds. The van der Waals surface area contributed by atoms with E-state index in [1.165, 1.54) is 5.39 Å². The third-order valence-electron chi connectivity index (χ3n) is 2.81. The minimum Gasteiger partial charge on any atom is -0.459 e. The van der Waals surface area contributed by atoms with Crippen LogP contribution in [0.3, 0.4) is 0 Å². The van der Waals surface area contributed by atoms with Gasteiger partial charge in [0.05, 0.1) is 6.04 Å². The summed E-state index contributed by atoms with van der Waals surface area (Å²) in [5, 5.41) is 4.68. The van der Waals surface area contributed by atoms with E-state index < -0.39 is 0 Å². The predicted octanol–water partition coefficient (Wildman–Crippen LogP) is 4.13. The molecule has 2 heteroatoms. The first-order valence-electron chi connectivity index (χ1n) is 6.17. The lowest BCUT2D eigenvalue weighted by molar-refractivity contribution is 0.342. The zero-order valence-electron chi connectivity index (χ0n) is 11.1. The maximum Gasteiger partial charge on any atom is 0.134 e. The zero-order chi connectivity index (χ0) is 12.5. The lowest BCUT2D eigenvalue weighted by atomic mass is 9.96.